The number of carboxylic acids is 1. The number of fused-ring (bicyclic) bond motifs is 1. The summed E-state index contributed by atoms with van der Waals surface area (Å²) >= 11 is 0. The molecule has 0 unspecified atom stereocenters. The van der Waals surface area contributed by atoms with Crippen LogP contribution in [0, 0.1) is 0 Å². The molecule has 5 nitrogen and oxygen atoms in total. The van der Waals surface area contributed by atoms with Gasteiger partial charge in [0.15, 0.2) is 11.5 Å². The van der Waals surface area contributed by atoms with Crippen LogP contribution < -0.4 is 0 Å². The van der Waals surface area contributed by atoms with Gasteiger partial charge in [0.2, 0.25) is 0 Å². The average molecular weight is 217 g/mol. The minimum absolute atomic E-state index is 0.250. The predicted molar refractivity (Wildman–Crippen MR) is 56.5 cm³/mol. The van der Waals surface area contributed by atoms with Crippen LogP contribution in [0.4, 0.5) is 0 Å². The number of carboxylic acid groups (broad SMARTS) is 1. The maximum absolute atomic E-state index is 10.8. The van der Waals surface area contributed by atoms with Crippen molar-refractivity contribution in [3.8, 4) is 0 Å². The van der Waals surface area contributed by atoms with Crippen LogP contribution in [-0.4, -0.2) is 25.7 Å². The van der Waals surface area contributed by atoms with Crippen molar-refractivity contribution >= 4 is 11.6 Å². The van der Waals surface area contributed by atoms with E-state index in [2.05, 4.69) is 10.1 Å². The van der Waals surface area contributed by atoms with Crippen LogP contribution in [0.15, 0.2) is 18.3 Å². The Balaban J connectivity index is 2.06. The smallest absolute Gasteiger partial charge is 0.335 e. The van der Waals surface area contributed by atoms with Crippen molar-refractivity contribution in [1.82, 2.24) is 14.6 Å². The van der Waals surface area contributed by atoms with E-state index in [1.54, 1.807) is 16.8 Å². The maximum Gasteiger partial charge on any atom is 0.335 e. The molecule has 0 spiro atoms. The highest BCUT2D eigenvalue weighted by Crippen LogP contribution is 2.34. The SMILES string of the molecule is O=C(O)c1ccn2nc(C3CCC3)nc2c1. The molecule has 2 aromatic rings. The van der Waals surface area contributed by atoms with Crippen LogP contribution >= 0.6 is 0 Å². The lowest BCUT2D eigenvalue weighted by Gasteiger charge is -2.21. The van der Waals surface area contributed by atoms with Crippen molar-refractivity contribution in [3.05, 3.63) is 29.7 Å². The maximum atomic E-state index is 10.8. The standard InChI is InChI=1S/C11H11N3O2/c15-11(16)8-4-5-14-9(6-8)12-10(13-14)7-2-1-3-7/h4-7H,1-3H2,(H,15,16). The lowest BCUT2D eigenvalue weighted by Crippen LogP contribution is -2.10. The summed E-state index contributed by atoms with van der Waals surface area (Å²) in [5, 5.41) is 13.2. The number of pyridine rings is 1. The van der Waals surface area contributed by atoms with Gasteiger partial charge in [0.25, 0.3) is 0 Å². The summed E-state index contributed by atoms with van der Waals surface area (Å²) in [6.07, 6.45) is 5.17. The Labute approximate surface area is 91.7 Å². The molecule has 0 aliphatic heterocycles. The molecule has 1 aliphatic rings. The summed E-state index contributed by atoms with van der Waals surface area (Å²) < 4.78 is 1.64. The zero-order valence-corrected chi connectivity index (χ0v) is 8.63. The van der Waals surface area contributed by atoms with Gasteiger partial charge in [-0.1, -0.05) is 6.42 Å². The van der Waals surface area contributed by atoms with Gasteiger partial charge in [0, 0.05) is 12.1 Å². The van der Waals surface area contributed by atoms with Gasteiger partial charge in [-0.2, -0.15) is 5.10 Å². The molecule has 0 atom stereocenters. The zero-order valence-electron chi connectivity index (χ0n) is 8.63. The summed E-state index contributed by atoms with van der Waals surface area (Å²) in [6.45, 7) is 0. The normalized spacial score (nSPS) is 16.2. The molecule has 0 amide bonds. The number of aromatic carboxylic acids is 1. The molecular weight excluding hydrogens is 206 g/mol. The average Bonchev–Trinajstić information content (AvgIpc) is 2.56. The molecule has 82 valence electrons. The van der Waals surface area contributed by atoms with Crippen LogP contribution in [0.1, 0.15) is 41.4 Å². The van der Waals surface area contributed by atoms with Crippen LogP contribution in [0.3, 0.4) is 0 Å². The molecule has 16 heavy (non-hydrogen) atoms. The second kappa shape index (κ2) is 3.30. The molecule has 2 aromatic heterocycles. The molecule has 1 saturated carbocycles. The number of carbonyl (C=O) groups is 1. The minimum Gasteiger partial charge on any atom is -0.478 e. The van der Waals surface area contributed by atoms with E-state index in [1.165, 1.54) is 12.5 Å². The van der Waals surface area contributed by atoms with Gasteiger partial charge >= 0.3 is 5.97 Å². The molecule has 0 aromatic carbocycles. The van der Waals surface area contributed by atoms with E-state index in [9.17, 15) is 4.79 Å². The molecule has 1 N–H and O–H groups in total. The summed E-state index contributed by atoms with van der Waals surface area (Å²) in [7, 11) is 0. The molecule has 3 rings (SSSR count). The Kier molecular flexibility index (Phi) is 1.92. The fraction of sp³-hybridized carbons (Fsp3) is 0.364. The van der Waals surface area contributed by atoms with Gasteiger partial charge in [-0.25, -0.2) is 14.3 Å². The highest BCUT2D eigenvalue weighted by molar-refractivity contribution is 5.88. The first-order valence-electron chi connectivity index (χ1n) is 5.33. The van der Waals surface area contributed by atoms with Crippen molar-refractivity contribution in [3.63, 3.8) is 0 Å². The first kappa shape index (κ1) is 9.33. The van der Waals surface area contributed by atoms with Gasteiger partial charge in [0.05, 0.1) is 5.56 Å². The summed E-state index contributed by atoms with van der Waals surface area (Å²) in [5.41, 5.74) is 0.863. The fourth-order valence-electron chi connectivity index (χ4n) is 1.87. The van der Waals surface area contributed by atoms with Crippen LogP contribution in [0.25, 0.3) is 5.65 Å². The third kappa shape index (κ3) is 1.36. The number of hydrogen-bond donors (Lipinski definition) is 1. The van der Waals surface area contributed by atoms with Crippen LogP contribution in [0.2, 0.25) is 0 Å². The second-order valence-corrected chi connectivity index (χ2v) is 4.12. The monoisotopic (exact) mass is 217 g/mol. The molecule has 2 heterocycles. The zero-order chi connectivity index (χ0) is 11.1. The van der Waals surface area contributed by atoms with E-state index in [0.29, 0.717) is 11.6 Å². The number of aromatic nitrogens is 3. The molecule has 0 saturated heterocycles. The number of rotatable bonds is 2. The largest absolute Gasteiger partial charge is 0.478 e. The van der Waals surface area contributed by atoms with Crippen molar-refractivity contribution in [2.75, 3.05) is 0 Å². The second-order valence-electron chi connectivity index (χ2n) is 4.12. The Hall–Kier alpha value is -1.91. The van der Waals surface area contributed by atoms with Gasteiger partial charge in [-0.3, -0.25) is 0 Å². The van der Waals surface area contributed by atoms with E-state index in [1.807, 2.05) is 0 Å². The summed E-state index contributed by atoms with van der Waals surface area (Å²) in [5.74, 6) is 0.373. The fourth-order valence-corrected chi connectivity index (χ4v) is 1.87. The molecule has 1 aliphatic carbocycles. The van der Waals surface area contributed by atoms with Gasteiger partial charge in [-0.05, 0) is 25.0 Å². The van der Waals surface area contributed by atoms with Crippen molar-refractivity contribution in [1.29, 1.82) is 0 Å². The van der Waals surface area contributed by atoms with Gasteiger partial charge < -0.3 is 5.11 Å². The van der Waals surface area contributed by atoms with E-state index >= 15 is 0 Å². The van der Waals surface area contributed by atoms with Crippen LogP contribution in [0.5, 0.6) is 0 Å². The van der Waals surface area contributed by atoms with Crippen molar-refractivity contribution in [2.24, 2.45) is 0 Å². The highest BCUT2D eigenvalue weighted by Gasteiger charge is 2.23. The topological polar surface area (TPSA) is 67.5 Å². The van der Waals surface area contributed by atoms with E-state index in [4.69, 9.17) is 5.11 Å². The quantitative estimate of drug-likeness (QED) is 0.831. The molecule has 0 radical (unpaired) electrons. The molecule has 5 heteroatoms. The lowest BCUT2D eigenvalue weighted by molar-refractivity contribution is 0.0697. The van der Waals surface area contributed by atoms with E-state index in [0.717, 1.165) is 18.7 Å². The number of hydrogen-bond acceptors (Lipinski definition) is 3. The molecular formula is C11H11N3O2. The third-order valence-electron chi connectivity index (χ3n) is 3.07. The molecule has 0 bridgehead atoms. The first-order chi connectivity index (χ1) is 7.74. The minimum atomic E-state index is -0.935. The Morgan fingerprint density at radius 1 is 1.50 bits per heavy atom. The highest BCUT2D eigenvalue weighted by atomic mass is 16.4. The van der Waals surface area contributed by atoms with E-state index in [-0.39, 0.29) is 5.56 Å². The number of nitrogens with zero attached hydrogens (tertiary/aromatic N) is 3. The van der Waals surface area contributed by atoms with Crippen molar-refractivity contribution < 1.29 is 9.90 Å². The van der Waals surface area contributed by atoms with Crippen LogP contribution in [-0.2, 0) is 0 Å². The van der Waals surface area contributed by atoms with Crippen molar-refractivity contribution in [2.45, 2.75) is 25.2 Å². The Morgan fingerprint density at radius 2 is 2.31 bits per heavy atom. The lowest BCUT2D eigenvalue weighted by atomic mass is 9.85. The van der Waals surface area contributed by atoms with Gasteiger partial charge in [-0.15, -0.1) is 0 Å². The molecule has 1 fully saturated rings. The van der Waals surface area contributed by atoms with Gasteiger partial charge in [0.1, 0.15) is 0 Å². The van der Waals surface area contributed by atoms with E-state index < -0.39 is 5.97 Å². The predicted octanol–water partition coefficient (Wildman–Crippen LogP) is 1.69. The Bertz CT molecular complexity index is 557. The third-order valence-corrected chi connectivity index (χ3v) is 3.07. The Morgan fingerprint density at radius 3 is 2.94 bits per heavy atom. The summed E-state index contributed by atoms with van der Waals surface area (Å²) in [4.78, 5) is 15.2. The summed E-state index contributed by atoms with van der Waals surface area (Å²) in [6, 6.07) is 3.09. The first-order valence-corrected chi connectivity index (χ1v) is 5.33.